The lowest BCUT2D eigenvalue weighted by Crippen LogP contribution is -2.19. The van der Waals surface area contributed by atoms with Gasteiger partial charge in [0.25, 0.3) is 0 Å². The predicted molar refractivity (Wildman–Crippen MR) is 57.7 cm³/mol. The van der Waals surface area contributed by atoms with E-state index in [2.05, 4.69) is 0 Å². The fourth-order valence-electron chi connectivity index (χ4n) is 1.21. The van der Waals surface area contributed by atoms with Gasteiger partial charge in [-0.05, 0) is 17.7 Å². The molecule has 0 aromatic heterocycles. The molecule has 6 nitrogen and oxygen atoms in total. The largest absolute Gasteiger partial charge is 0.508 e. The minimum atomic E-state index is -0.489. The number of phenols is 1. The minimum Gasteiger partial charge on any atom is -0.508 e. The number of aromatic hydroxyl groups is 1. The molecule has 0 atom stereocenters. The highest BCUT2D eigenvalue weighted by Gasteiger charge is 2.05. The molecule has 1 aromatic carbocycles. The number of rotatable bonds is 6. The van der Waals surface area contributed by atoms with Crippen molar-refractivity contribution in [1.29, 1.82) is 0 Å². The molecular formula is C11H15NO5. The fourth-order valence-corrected chi connectivity index (χ4v) is 1.21. The first kappa shape index (κ1) is 13.4. The van der Waals surface area contributed by atoms with Gasteiger partial charge in [0.05, 0.1) is 19.6 Å². The molecule has 1 rings (SSSR count). The molecule has 0 bridgehead atoms. The molecule has 0 radical (unpaired) electrons. The van der Waals surface area contributed by atoms with Crippen LogP contribution in [-0.2, 0) is 16.0 Å². The van der Waals surface area contributed by atoms with E-state index in [4.69, 9.17) is 20.3 Å². The molecule has 0 aliphatic carbocycles. The van der Waals surface area contributed by atoms with Gasteiger partial charge < -0.3 is 9.84 Å². The summed E-state index contributed by atoms with van der Waals surface area (Å²) in [7, 11) is 0. The van der Waals surface area contributed by atoms with Gasteiger partial charge in [0.15, 0.2) is 0 Å². The highest BCUT2D eigenvalue weighted by molar-refractivity contribution is 5.69. The summed E-state index contributed by atoms with van der Waals surface area (Å²) in [6.07, 6.45) is 0.469. The Morgan fingerprint density at radius 3 is 2.47 bits per heavy atom. The van der Waals surface area contributed by atoms with Crippen LogP contribution >= 0.6 is 0 Å². The van der Waals surface area contributed by atoms with Gasteiger partial charge in [-0.15, -0.1) is 0 Å². The van der Waals surface area contributed by atoms with Crippen LogP contribution in [0.5, 0.6) is 5.75 Å². The summed E-state index contributed by atoms with van der Waals surface area (Å²) in [5, 5.41) is 25.8. The molecule has 0 saturated carbocycles. The van der Waals surface area contributed by atoms with E-state index in [1.165, 1.54) is 0 Å². The van der Waals surface area contributed by atoms with E-state index in [0.717, 1.165) is 5.56 Å². The topological polar surface area (TPSA) is 90.2 Å². The summed E-state index contributed by atoms with van der Waals surface area (Å²) < 4.78 is 4.88. The number of carbonyl (C=O) groups is 1. The third kappa shape index (κ3) is 5.86. The van der Waals surface area contributed by atoms with E-state index in [0.29, 0.717) is 6.42 Å². The number of esters is 1. The van der Waals surface area contributed by atoms with Crippen LogP contribution in [-0.4, -0.2) is 39.9 Å². The molecule has 0 unspecified atom stereocenters. The second-order valence-electron chi connectivity index (χ2n) is 3.48. The van der Waals surface area contributed by atoms with Crippen LogP contribution in [0.3, 0.4) is 0 Å². The van der Waals surface area contributed by atoms with Crippen LogP contribution in [0.2, 0.25) is 0 Å². The van der Waals surface area contributed by atoms with Gasteiger partial charge in [0, 0.05) is 6.42 Å². The van der Waals surface area contributed by atoms with E-state index < -0.39 is 5.97 Å². The van der Waals surface area contributed by atoms with E-state index >= 15 is 0 Å². The highest BCUT2D eigenvalue weighted by Crippen LogP contribution is 2.10. The third-order valence-electron chi connectivity index (χ3n) is 2.11. The van der Waals surface area contributed by atoms with Crippen molar-refractivity contribution in [2.45, 2.75) is 12.8 Å². The standard InChI is InChI=1S/C11H15NO5/c13-10-3-1-9(2-4-10)6-8-17-11(14)5-7-12(15)16/h1-4,13,15-16H,5-8H2. The monoisotopic (exact) mass is 241 g/mol. The molecule has 0 saturated heterocycles. The average Bonchev–Trinajstić information content (AvgIpc) is 2.29. The van der Waals surface area contributed by atoms with Gasteiger partial charge >= 0.3 is 5.97 Å². The van der Waals surface area contributed by atoms with Crippen molar-refractivity contribution in [2.24, 2.45) is 0 Å². The van der Waals surface area contributed by atoms with Crippen LogP contribution in [0.25, 0.3) is 0 Å². The van der Waals surface area contributed by atoms with Gasteiger partial charge in [-0.25, -0.2) is 0 Å². The molecule has 1 aromatic rings. The lowest BCUT2D eigenvalue weighted by Gasteiger charge is -2.07. The summed E-state index contributed by atoms with van der Waals surface area (Å²) in [6, 6.07) is 6.61. The minimum absolute atomic E-state index is 0.0543. The summed E-state index contributed by atoms with van der Waals surface area (Å²) in [6.45, 7) is 0.0402. The summed E-state index contributed by atoms with van der Waals surface area (Å²) >= 11 is 0. The molecule has 0 fully saturated rings. The number of carbonyl (C=O) groups excluding carboxylic acids is 1. The van der Waals surface area contributed by atoms with Crippen molar-refractivity contribution in [3.8, 4) is 5.75 Å². The zero-order valence-electron chi connectivity index (χ0n) is 9.24. The molecule has 0 aliphatic heterocycles. The zero-order chi connectivity index (χ0) is 12.7. The normalized spacial score (nSPS) is 10.5. The van der Waals surface area contributed by atoms with Crippen LogP contribution in [0, 0.1) is 0 Å². The Bertz CT molecular complexity index is 349. The summed E-state index contributed by atoms with van der Waals surface area (Å²) in [5.74, 6) is -0.298. The van der Waals surface area contributed by atoms with Crippen molar-refractivity contribution in [3.05, 3.63) is 29.8 Å². The Balaban J connectivity index is 2.19. The lowest BCUT2D eigenvalue weighted by molar-refractivity contribution is -0.306. The average molecular weight is 241 g/mol. The smallest absolute Gasteiger partial charge is 0.307 e. The Hall–Kier alpha value is -1.63. The number of ether oxygens (including phenoxy) is 1. The molecule has 17 heavy (non-hydrogen) atoms. The highest BCUT2D eigenvalue weighted by atomic mass is 16.8. The molecule has 3 N–H and O–H groups in total. The first-order valence-electron chi connectivity index (χ1n) is 5.17. The fraction of sp³-hybridized carbons (Fsp3) is 0.364. The molecule has 0 aliphatic rings. The molecule has 6 heteroatoms. The Morgan fingerprint density at radius 1 is 1.24 bits per heavy atom. The molecule has 0 heterocycles. The maximum atomic E-state index is 11.1. The van der Waals surface area contributed by atoms with Crippen LogP contribution in [0.15, 0.2) is 24.3 Å². The SMILES string of the molecule is O=C(CCN(O)O)OCCc1ccc(O)cc1. The summed E-state index contributed by atoms with van der Waals surface area (Å²) in [4.78, 5) is 11.1. The molecule has 0 spiro atoms. The first-order chi connectivity index (χ1) is 8.08. The number of nitrogens with zero attached hydrogens (tertiary/aromatic N) is 1. The van der Waals surface area contributed by atoms with Gasteiger partial charge in [-0.2, -0.15) is 0 Å². The summed E-state index contributed by atoms with van der Waals surface area (Å²) in [5.41, 5.74) is 0.946. The van der Waals surface area contributed by atoms with Crippen molar-refractivity contribution in [3.63, 3.8) is 0 Å². The van der Waals surface area contributed by atoms with Gasteiger partial charge in [-0.1, -0.05) is 17.4 Å². The third-order valence-corrected chi connectivity index (χ3v) is 2.11. The van der Waals surface area contributed by atoms with E-state index in [9.17, 15) is 4.79 Å². The van der Waals surface area contributed by atoms with Crippen LogP contribution in [0.4, 0.5) is 0 Å². The van der Waals surface area contributed by atoms with Gasteiger partial charge in [0.1, 0.15) is 5.75 Å². The number of hydroxylamine groups is 2. The maximum absolute atomic E-state index is 11.1. The Morgan fingerprint density at radius 2 is 1.88 bits per heavy atom. The Labute approximate surface area is 98.6 Å². The second kappa shape index (κ2) is 6.85. The quantitative estimate of drug-likeness (QED) is 0.507. The van der Waals surface area contributed by atoms with E-state index in [1.54, 1.807) is 24.3 Å². The zero-order valence-corrected chi connectivity index (χ0v) is 9.24. The number of phenolic OH excluding ortho intramolecular Hbond substituents is 1. The van der Waals surface area contributed by atoms with Crippen molar-refractivity contribution < 1.29 is 25.1 Å². The maximum Gasteiger partial charge on any atom is 0.307 e. The van der Waals surface area contributed by atoms with Crippen molar-refractivity contribution >= 4 is 5.97 Å². The number of hydrogen-bond donors (Lipinski definition) is 3. The van der Waals surface area contributed by atoms with E-state index in [-0.39, 0.29) is 30.5 Å². The lowest BCUT2D eigenvalue weighted by atomic mass is 10.1. The van der Waals surface area contributed by atoms with Crippen molar-refractivity contribution in [2.75, 3.05) is 13.2 Å². The van der Waals surface area contributed by atoms with Crippen LogP contribution in [0.1, 0.15) is 12.0 Å². The molecular weight excluding hydrogens is 226 g/mol. The Kier molecular flexibility index (Phi) is 5.41. The second-order valence-corrected chi connectivity index (χ2v) is 3.48. The van der Waals surface area contributed by atoms with Gasteiger partial charge in [0.2, 0.25) is 0 Å². The number of benzene rings is 1. The van der Waals surface area contributed by atoms with Gasteiger partial charge in [-0.3, -0.25) is 15.2 Å². The van der Waals surface area contributed by atoms with Crippen LogP contribution < -0.4 is 0 Å². The molecule has 0 amide bonds. The molecule has 94 valence electrons. The van der Waals surface area contributed by atoms with Crippen molar-refractivity contribution in [1.82, 2.24) is 5.23 Å². The first-order valence-corrected chi connectivity index (χ1v) is 5.17. The predicted octanol–water partition coefficient (Wildman–Crippen LogP) is 0.948. The van der Waals surface area contributed by atoms with E-state index in [1.807, 2.05) is 0 Å². The number of hydrogen-bond acceptors (Lipinski definition) is 6.